The summed E-state index contributed by atoms with van der Waals surface area (Å²) in [5, 5.41) is 0. The van der Waals surface area contributed by atoms with E-state index in [0.29, 0.717) is 0 Å². The fourth-order valence-electron chi connectivity index (χ4n) is 0.279. The number of nitrogens with zero attached hydrogens (tertiary/aromatic N) is 1. The van der Waals surface area contributed by atoms with Crippen molar-refractivity contribution in [1.29, 1.82) is 0 Å². The zero-order valence-electron chi connectivity index (χ0n) is 3.51. The summed E-state index contributed by atoms with van der Waals surface area (Å²) in [6.45, 7) is 1.85. The highest BCUT2D eigenvalue weighted by molar-refractivity contribution is 4.80. The normalized spacial score (nSPS) is 8.83. The summed E-state index contributed by atoms with van der Waals surface area (Å²) >= 11 is 0. The molecule has 0 saturated heterocycles. The van der Waals surface area contributed by atoms with E-state index >= 15 is 0 Å². The Morgan fingerprint density at radius 3 is 3.00 bits per heavy atom. The first-order valence-electron chi connectivity index (χ1n) is 1.74. The van der Waals surface area contributed by atoms with Gasteiger partial charge >= 0.3 is 0 Å². The van der Waals surface area contributed by atoms with Crippen molar-refractivity contribution in [3.05, 3.63) is 18.4 Å². The SMILES string of the molecule is Cc1cnco1.[2HH]. The Morgan fingerprint density at radius 1 is 2.00 bits per heavy atom. The number of hydrogen-bond donors (Lipinski definition) is 0. The number of hydrogen-bond acceptors (Lipinski definition) is 2. The van der Waals surface area contributed by atoms with E-state index < -0.39 is 0 Å². The van der Waals surface area contributed by atoms with Crippen LogP contribution in [0, 0.1) is 6.92 Å². The minimum atomic E-state index is 0. The second-order valence-electron chi connectivity index (χ2n) is 1.11. The van der Waals surface area contributed by atoms with Gasteiger partial charge in [0.15, 0.2) is 6.39 Å². The molecule has 2 nitrogen and oxygen atoms in total. The molecule has 6 heavy (non-hydrogen) atoms. The smallest absolute Gasteiger partial charge is 0.180 e. The van der Waals surface area contributed by atoms with Crippen molar-refractivity contribution in [2.75, 3.05) is 0 Å². The molecular weight excluding hydrogens is 78.0 g/mol. The molecule has 0 aliphatic heterocycles. The first-order chi connectivity index (χ1) is 2.89. The van der Waals surface area contributed by atoms with Crippen LogP contribution >= 0.6 is 0 Å². The van der Waals surface area contributed by atoms with Crippen LogP contribution in [-0.2, 0) is 0 Å². The van der Waals surface area contributed by atoms with Crippen molar-refractivity contribution in [1.82, 2.24) is 4.98 Å². The molecule has 0 amide bonds. The topological polar surface area (TPSA) is 26.0 Å². The maximum Gasteiger partial charge on any atom is 0.180 e. The van der Waals surface area contributed by atoms with Crippen molar-refractivity contribution in [3.63, 3.8) is 0 Å². The van der Waals surface area contributed by atoms with E-state index in [4.69, 9.17) is 4.42 Å². The summed E-state index contributed by atoms with van der Waals surface area (Å²) in [4.78, 5) is 3.66. The van der Waals surface area contributed by atoms with E-state index in [9.17, 15) is 0 Å². The van der Waals surface area contributed by atoms with Crippen LogP contribution in [-0.4, -0.2) is 4.98 Å². The van der Waals surface area contributed by atoms with Gasteiger partial charge in [-0.15, -0.1) is 0 Å². The summed E-state index contributed by atoms with van der Waals surface area (Å²) < 4.78 is 4.72. The highest BCUT2D eigenvalue weighted by Gasteiger charge is 1.77. The molecule has 0 saturated carbocycles. The quantitative estimate of drug-likeness (QED) is 0.474. The molecule has 0 aromatic carbocycles. The number of aromatic nitrogens is 1. The van der Waals surface area contributed by atoms with E-state index in [-0.39, 0.29) is 1.43 Å². The lowest BCUT2D eigenvalue weighted by Crippen LogP contribution is -1.50. The molecule has 34 valence electrons. The van der Waals surface area contributed by atoms with E-state index in [1.807, 2.05) is 6.92 Å². The standard InChI is InChI=1S/C4H5NO.H2/c1-4-2-5-3-6-4;/h2-3H,1H3;1H/i;1+1. The van der Waals surface area contributed by atoms with E-state index in [0.717, 1.165) is 5.76 Å². The summed E-state index contributed by atoms with van der Waals surface area (Å²) in [6, 6.07) is 0. The van der Waals surface area contributed by atoms with Crippen LogP contribution in [0.1, 0.15) is 7.19 Å². The fourth-order valence-corrected chi connectivity index (χ4v) is 0.279. The fraction of sp³-hybridized carbons (Fsp3) is 0.250. The van der Waals surface area contributed by atoms with Gasteiger partial charge in [0.05, 0.1) is 6.20 Å². The average molecular weight is 86.1 g/mol. The van der Waals surface area contributed by atoms with Crippen LogP contribution in [0.25, 0.3) is 0 Å². The Kier molecular flexibility index (Phi) is 0.638. The summed E-state index contributed by atoms with van der Waals surface area (Å²) in [5.74, 6) is 0.856. The minimum absolute atomic E-state index is 0. The molecule has 0 aliphatic rings. The summed E-state index contributed by atoms with van der Waals surface area (Å²) in [7, 11) is 0. The Hall–Kier alpha value is -0.790. The lowest BCUT2D eigenvalue weighted by Gasteiger charge is -1.66. The van der Waals surface area contributed by atoms with Crippen molar-refractivity contribution < 1.29 is 5.84 Å². The summed E-state index contributed by atoms with van der Waals surface area (Å²) in [6.07, 6.45) is 3.08. The zero-order valence-corrected chi connectivity index (χ0v) is 3.51. The van der Waals surface area contributed by atoms with Crippen molar-refractivity contribution in [2.45, 2.75) is 6.92 Å². The molecule has 0 fully saturated rings. The molecule has 0 radical (unpaired) electrons. The first kappa shape index (κ1) is 3.40. The van der Waals surface area contributed by atoms with Gasteiger partial charge in [-0.2, -0.15) is 0 Å². The second kappa shape index (κ2) is 1.12. The molecule has 0 atom stereocenters. The van der Waals surface area contributed by atoms with Crippen LogP contribution in [0.2, 0.25) is 0 Å². The minimum Gasteiger partial charge on any atom is -0.449 e. The number of rotatable bonds is 0. The maximum atomic E-state index is 4.72. The third-order valence-electron chi connectivity index (χ3n) is 0.556. The highest BCUT2D eigenvalue weighted by atomic mass is 16.3. The van der Waals surface area contributed by atoms with Crippen molar-refractivity contribution in [2.24, 2.45) is 0 Å². The van der Waals surface area contributed by atoms with Crippen LogP contribution in [0.15, 0.2) is 17.0 Å². The molecule has 1 aromatic heterocycles. The number of oxazole rings is 1. The maximum absolute atomic E-state index is 4.72. The lowest BCUT2D eigenvalue weighted by molar-refractivity contribution is 0.527. The van der Waals surface area contributed by atoms with Gasteiger partial charge in [0.1, 0.15) is 5.76 Å². The zero-order chi connectivity index (χ0) is 4.41. The summed E-state index contributed by atoms with van der Waals surface area (Å²) in [5.41, 5.74) is 0. The Balaban J connectivity index is 0.000000360. The number of aryl methyl sites for hydroxylation is 1. The molecule has 1 aromatic rings. The van der Waals surface area contributed by atoms with Crippen LogP contribution in [0.5, 0.6) is 0 Å². The molecule has 1 rings (SSSR count). The lowest BCUT2D eigenvalue weighted by atomic mass is 10.6. The van der Waals surface area contributed by atoms with Crippen LogP contribution in [0.3, 0.4) is 0 Å². The van der Waals surface area contributed by atoms with Gasteiger partial charge in [0.25, 0.3) is 0 Å². The molecule has 0 spiro atoms. The monoisotopic (exact) mass is 86.1 g/mol. The van der Waals surface area contributed by atoms with Gasteiger partial charge < -0.3 is 4.42 Å². The first-order valence-corrected chi connectivity index (χ1v) is 1.74. The predicted octanol–water partition coefficient (Wildman–Crippen LogP) is 1.23. The Labute approximate surface area is 37.3 Å². The predicted molar refractivity (Wildman–Crippen MR) is 23.4 cm³/mol. The highest BCUT2D eigenvalue weighted by Crippen LogP contribution is 1.88. The third kappa shape index (κ3) is 0.407. The molecule has 1 heterocycles. The van der Waals surface area contributed by atoms with Gasteiger partial charge in [0, 0.05) is 1.43 Å². The molecule has 2 heteroatoms. The second-order valence-corrected chi connectivity index (χ2v) is 1.11. The van der Waals surface area contributed by atoms with Gasteiger partial charge in [-0.25, -0.2) is 4.98 Å². The molecule has 0 unspecified atom stereocenters. The van der Waals surface area contributed by atoms with Crippen LogP contribution < -0.4 is 0 Å². The third-order valence-corrected chi connectivity index (χ3v) is 0.556. The van der Waals surface area contributed by atoms with E-state index in [1.165, 1.54) is 6.39 Å². The largest absolute Gasteiger partial charge is 0.449 e. The molecule has 0 bridgehead atoms. The van der Waals surface area contributed by atoms with Crippen molar-refractivity contribution in [3.8, 4) is 0 Å². The van der Waals surface area contributed by atoms with Crippen molar-refractivity contribution >= 4 is 0 Å². The Morgan fingerprint density at radius 2 is 2.83 bits per heavy atom. The van der Waals surface area contributed by atoms with Gasteiger partial charge in [0.2, 0.25) is 0 Å². The average Bonchev–Trinajstić information content (AvgIpc) is 1.86. The van der Waals surface area contributed by atoms with Gasteiger partial charge in [-0.3, -0.25) is 0 Å². The van der Waals surface area contributed by atoms with Crippen LogP contribution in [0.4, 0.5) is 0 Å². The molecule has 0 aliphatic carbocycles. The molecular formula is C4H7NO. The molecule has 0 N–H and O–H groups in total. The van der Waals surface area contributed by atoms with E-state index in [2.05, 4.69) is 4.98 Å². The van der Waals surface area contributed by atoms with Gasteiger partial charge in [-0.1, -0.05) is 0 Å². The Bertz CT molecular complexity index is 115. The van der Waals surface area contributed by atoms with Gasteiger partial charge in [-0.05, 0) is 6.92 Å². The van der Waals surface area contributed by atoms with E-state index in [1.54, 1.807) is 6.20 Å².